The summed E-state index contributed by atoms with van der Waals surface area (Å²) in [6, 6.07) is 16.7. The quantitative estimate of drug-likeness (QED) is 0.732. The average Bonchev–Trinajstić information content (AvgIpc) is 2.68. The van der Waals surface area contributed by atoms with E-state index in [4.69, 9.17) is 14.2 Å². The van der Waals surface area contributed by atoms with Crippen molar-refractivity contribution in [3.8, 4) is 0 Å². The number of hydrogen-bond acceptors (Lipinski definition) is 5. The molecule has 2 aromatic carbocycles. The number of amides is 1. The third-order valence-electron chi connectivity index (χ3n) is 3.70. The summed E-state index contributed by atoms with van der Waals surface area (Å²) in [5.41, 5.74) is 2.32. The van der Waals surface area contributed by atoms with E-state index in [0.29, 0.717) is 18.8 Å². The Labute approximate surface area is 153 Å². The summed E-state index contributed by atoms with van der Waals surface area (Å²) < 4.78 is 15.6. The molecule has 1 amide bonds. The average molecular weight is 357 g/mol. The summed E-state index contributed by atoms with van der Waals surface area (Å²) in [6.45, 7) is 2.70. The lowest BCUT2D eigenvalue weighted by Crippen LogP contribution is -2.30. The maximum atomic E-state index is 11.6. The maximum absolute atomic E-state index is 11.6. The highest BCUT2D eigenvalue weighted by Gasteiger charge is 2.15. The van der Waals surface area contributed by atoms with Gasteiger partial charge in [-0.25, -0.2) is 9.59 Å². The van der Waals surface area contributed by atoms with Crippen molar-refractivity contribution < 1.29 is 23.8 Å². The number of carbonyl (C=O) groups is 2. The smallest absolute Gasteiger partial charge is 0.407 e. The molecular weight excluding hydrogens is 334 g/mol. The number of nitrogens with one attached hydrogen (secondary N) is 1. The van der Waals surface area contributed by atoms with Crippen LogP contribution in [-0.4, -0.2) is 32.3 Å². The fraction of sp³-hybridized carbons (Fsp3) is 0.300. The first-order valence-electron chi connectivity index (χ1n) is 8.38. The first kappa shape index (κ1) is 19.5. The van der Waals surface area contributed by atoms with Gasteiger partial charge < -0.3 is 19.5 Å². The minimum atomic E-state index is -0.494. The number of methoxy groups -OCH3 is 1. The number of alkyl carbamates (subject to hydrolysis) is 1. The van der Waals surface area contributed by atoms with Crippen molar-refractivity contribution in [1.29, 1.82) is 0 Å². The van der Waals surface area contributed by atoms with Gasteiger partial charge in [-0.3, -0.25) is 0 Å². The van der Waals surface area contributed by atoms with Crippen LogP contribution in [0.5, 0.6) is 0 Å². The molecule has 0 aliphatic heterocycles. The second-order valence-corrected chi connectivity index (χ2v) is 5.50. The standard InChI is InChI=1S/C20H23NO5/c1-3-25-20(23)21-13-18(26-14-15-7-5-4-6-8-15)16-9-11-17(12-10-16)19(22)24-2/h4-12,18H,3,13-14H2,1-2H3,(H,21,23). The van der Waals surface area contributed by atoms with Crippen LogP contribution in [0.2, 0.25) is 0 Å². The van der Waals surface area contributed by atoms with Gasteiger partial charge in [-0.1, -0.05) is 42.5 Å². The Morgan fingerprint density at radius 3 is 2.35 bits per heavy atom. The number of hydrogen-bond donors (Lipinski definition) is 1. The van der Waals surface area contributed by atoms with Crippen LogP contribution >= 0.6 is 0 Å². The first-order valence-corrected chi connectivity index (χ1v) is 8.38. The highest BCUT2D eigenvalue weighted by atomic mass is 16.5. The van der Waals surface area contributed by atoms with E-state index in [0.717, 1.165) is 11.1 Å². The van der Waals surface area contributed by atoms with Crippen LogP contribution in [-0.2, 0) is 20.8 Å². The molecule has 0 aromatic heterocycles. The fourth-order valence-electron chi connectivity index (χ4n) is 2.35. The van der Waals surface area contributed by atoms with Gasteiger partial charge in [0.2, 0.25) is 0 Å². The van der Waals surface area contributed by atoms with Crippen LogP contribution in [0.25, 0.3) is 0 Å². The molecule has 0 spiro atoms. The van der Waals surface area contributed by atoms with Crippen molar-refractivity contribution in [2.24, 2.45) is 0 Å². The molecule has 0 heterocycles. The van der Waals surface area contributed by atoms with Crippen LogP contribution in [0.4, 0.5) is 4.79 Å². The minimum Gasteiger partial charge on any atom is -0.465 e. The largest absolute Gasteiger partial charge is 0.465 e. The monoisotopic (exact) mass is 357 g/mol. The molecule has 0 saturated heterocycles. The second-order valence-electron chi connectivity index (χ2n) is 5.50. The van der Waals surface area contributed by atoms with Crippen molar-refractivity contribution in [2.75, 3.05) is 20.3 Å². The van der Waals surface area contributed by atoms with Crippen molar-refractivity contribution in [2.45, 2.75) is 19.6 Å². The van der Waals surface area contributed by atoms with Crippen LogP contribution in [0.1, 0.15) is 34.5 Å². The highest BCUT2D eigenvalue weighted by Crippen LogP contribution is 2.20. The van der Waals surface area contributed by atoms with E-state index in [9.17, 15) is 9.59 Å². The third kappa shape index (κ3) is 5.89. The molecule has 1 unspecified atom stereocenters. The molecule has 1 atom stereocenters. The Balaban J connectivity index is 2.08. The Morgan fingerprint density at radius 2 is 1.73 bits per heavy atom. The molecule has 0 radical (unpaired) electrons. The molecule has 0 fully saturated rings. The predicted octanol–water partition coefficient (Wildman–Crippen LogP) is 3.48. The van der Waals surface area contributed by atoms with E-state index in [1.807, 2.05) is 30.3 Å². The number of rotatable bonds is 8. The van der Waals surface area contributed by atoms with E-state index < -0.39 is 12.1 Å². The summed E-state index contributed by atoms with van der Waals surface area (Å²) in [7, 11) is 1.34. The van der Waals surface area contributed by atoms with Gasteiger partial charge in [-0.2, -0.15) is 0 Å². The lowest BCUT2D eigenvalue weighted by molar-refractivity contribution is 0.0386. The van der Waals surface area contributed by atoms with Gasteiger partial charge in [0.25, 0.3) is 0 Å². The van der Waals surface area contributed by atoms with Gasteiger partial charge in [0.1, 0.15) is 6.10 Å². The zero-order valence-electron chi connectivity index (χ0n) is 14.9. The third-order valence-corrected chi connectivity index (χ3v) is 3.70. The summed E-state index contributed by atoms with van der Waals surface area (Å²) in [5.74, 6) is -0.400. The van der Waals surface area contributed by atoms with E-state index in [1.54, 1.807) is 31.2 Å². The normalized spacial score (nSPS) is 11.5. The summed E-state index contributed by atoms with van der Waals surface area (Å²) >= 11 is 0. The zero-order chi connectivity index (χ0) is 18.8. The molecule has 6 nitrogen and oxygen atoms in total. The van der Waals surface area contributed by atoms with E-state index in [2.05, 4.69) is 5.32 Å². The number of esters is 1. The van der Waals surface area contributed by atoms with Gasteiger partial charge in [0.15, 0.2) is 0 Å². The SMILES string of the molecule is CCOC(=O)NCC(OCc1ccccc1)c1ccc(C(=O)OC)cc1. The van der Waals surface area contributed by atoms with Gasteiger partial charge in [-0.05, 0) is 30.2 Å². The highest BCUT2D eigenvalue weighted by molar-refractivity contribution is 5.89. The van der Waals surface area contributed by atoms with Crippen molar-refractivity contribution >= 4 is 12.1 Å². The molecule has 6 heteroatoms. The van der Waals surface area contributed by atoms with Crippen molar-refractivity contribution in [1.82, 2.24) is 5.32 Å². The van der Waals surface area contributed by atoms with Crippen LogP contribution in [0, 0.1) is 0 Å². The Bertz CT molecular complexity index is 700. The predicted molar refractivity (Wildman–Crippen MR) is 96.8 cm³/mol. The molecule has 2 rings (SSSR count). The molecule has 0 saturated carbocycles. The summed E-state index contributed by atoms with van der Waals surface area (Å²) in [5, 5.41) is 2.69. The number of carbonyl (C=O) groups excluding carboxylic acids is 2. The van der Waals surface area contributed by atoms with Gasteiger partial charge in [-0.15, -0.1) is 0 Å². The minimum absolute atomic E-state index is 0.253. The molecular formula is C20H23NO5. The molecule has 0 aliphatic rings. The van der Waals surface area contributed by atoms with Crippen molar-refractivity contribution in [3.05, 3.63) is 71.3 Å². The zero-order valence-corrected chi connectivity index (χ0v) is 14.9. The Kier molecular flexibility index (Phi) is 7.64. The lowest BCUT2D eigenvalue weighted by Gasteiger charge is -2.19. The van der Waals surface area contributed by atoms with Gasteiger partial charge in [0, 0.05) is 0 Å². The Morgan fingerprint density at radius 1 is 1.04 bits per heavy atom. The number of ether oxygens (including phenoxy) is 3. The van der Waals surface area contributed by atoms with Crippen molar-refractivity contribution in [3.63, 3.8) is 0 Å². The molecule has 2 aromatic rings. The lowest BCUT2D eigenvalue weighted by atomic mass is 10.1. The van der Waals surface area contributed by atoms with Gasteiger partial charge >= 0.3 is 12.1 Å². The van der Waals surface area contributed by atoms with E-state index >= 15 is 0 Å². The summed E-state index contributed by atoms with van der Waals surface area (Å²) in [6.07, 6.45) is -0.877. The molecule has 0 aliphatic carbocycles. The molecule has 1 N–H and O–H groups in total. The molecule has 26 heavy (non-hydrogen) atoms. The molecule has 0 bridgehead atoms. The van der Waals surface area contributed by atoms with Crippen LogP contribution < -0.4 is 5.32 Å². The first-order chi connectivity index (χ1) is 12.6. The summed E-state index contributed by atoms with van der Waals surface area (Å²) in [4.78, 5) is 23.2. The second kappa shape index (κ2) is 10.2. The van der Waals surface area contributed by atoms with Gasteiger partial charge in [0.05, 0.1) is 32.4 Å². The topological polar surface area (TPSA) is 73.9 Å². The van der Waals surface area contributed by atoms with Crippen LogP contribution in [0.3, 0.4) is 0 Å². The Hall–Kier alpha value is -2.86. The molecule has 138 valence electrons. The van der Waals surface area contributed by atoms with E-state index in [-0.39, 0.29) is 12.6 Å². The van der Waals surface area contributed by atoms with E-state index in [1.165, 1.54) is 7.11 Å². The maximum Gasteiger partial charge on any atom is 0.407 e. The fourth-order valence-corrected chi connectivity index (χ4v) is 2.35. The number of benzene rings is 2. The van der Waals surface area contributed by atoms with Crippen LogP contribution in [0.15, 0.2) is 54.6 Å².